The SMILES string of the molecule is CCCCN1CCCCC1C(=Nc1c(C)cccc1C)OC. The van der Waals surface area contributed by atoms with Crippen molar-refractivity contribution in [3.8, 4) is 0 Å². The van der Waals surface area contributed by atoms with E-state index >= 15 is 0 Å². The Morgan fingerprint density at radius 1 is 1.27 bits per heavy atom. The Hall–Kier alpha value is -1.35. The van der Waals surface area contributed by atoms with Gasteiger partial charge in [0, 0.05) is 0 Å². The highest BCUT2D eigenvalue weighted by Gasteiger charge is 2.27. The van der Waals surface area contributed by atoms with E-state index in [1.165, 1.54) is 43.4 Å². The Labute approximate surface area is 135 Å². The molecular weight excluding hydrogens is 272 g/mol. The van der Waals surface area contributed by atoms with Crippen molar-refractivity contribution in [3.63, 3.8) is 0 Å². The number of aryl methyl sites for hydroxylation is 2. The molecule has 0 N–H and O–H groups in total. The van der Waals surface area contributed by atoms with Crippen LogP contribution in [-0.2, 0) is 4.74 Å². The lowest BCUT2D eigenvalue weighted by atomic mass is 10.0. The summed E-state index contributed by atoms with van der Waals surface area (Å²) < 4.78 is 5.72. The molecule has 0 bridgehead atoms. The van der Waals surface area contributed by atoms with Crippen LogP contribution in [0.1, 0.15) is 50.2 Å². The summed E-state index contributed by atoms with van der Waals surface area (Å²) in [5.41, 5.74) is 3.50. The standard InChI is InChI=1S/C19H30N2O/c1-5-6-13-21-14-8-7-12-17(21)19(22-4)20-18-15(2)10-9-11-16(18)3/h9-11,17H,5-8,12-14H2,1-4H3. The van der Waals surface area contributed by atoms with Crippen molar-refractivity contribution in [1.29, 1.82) is 0 Å². The molecule has 0 amide bonds. The molecule has 122 valence electrons. The minimum absolute atomic E-state index is 0.337. The van der Waals surface area contributed by atoms with Crippen LogP contribution in [0.3, 0.4) is 0 Å². The maximum Gasteiger partial charge on any atom is 0.206 e. The zero-order valence-electron chi connectivity index (χ0n) is 14.6. The second-order valence-corrected chi connectivity index (χ2v) is 6.30. The number of methoxy groups -OCH3 is 1. The minimum atomic E-state index is 0.337. The van der Waals surface area contributed by atoms with Crippen LogP contribution >= 0.6 is 0 Å². The molecule has 0 aliphatic carbocycles. The fraction of sp³-hybridized carbons (Fsp3) is 0.632. The van der Waals surface area contributed by atoms with Crippen LogP contribution in [-0.4, -0.2) is 37.0 Å². The Morgan fingerprint density at radius 2 is 2.00 bits per heavy atom. The molecular formula is C19H30N2O. The van der Waals surface area contributed by atoms with Crippen LogP contribution in [0.5, 0.6) is 0 Å². The van der Waals surface area contributed by atoms with Gasteiger partial charge >= 0.3 is 0 Å². The highest BCUT2D eigenvalue weighted by atomic mass is 16.5. The molecule has 1 aliphatic heterocycles. The fourth-order valence-electron chi connectivity index (χ4n) is 3.25. The van der Waals surface area contributed by atoms with Gasteiger partial charge in [-0.05, 0) is 57.3 Å². The molecule has 3 heteroatoms. The van der Waals surface area contributed by atoms with E-state index in [1.807, 2.05) is 0 Å². The summed E-state index contributed by atoms with van der Waals surface area (Å²) in [7, 11) is 1.76. The molecule has 0 saturated carbocycles. The first-order chi connectivity index (χ1) is 10.7. The Morgan fingerprint density at radius 3 is 2.64 bits per heavy atom. The lowest BCUT2D eigenvalue weighted by molar-refractivity contribution is 0.168. The normalized spacial score (nSPS) is 20.2. The molecule has 1 unspecified atom stereocenters. The van der Waals surface area contributed by atoms with Crippen LogP contribution in [0.25, 0.3) is 0 Å². The van der Waals surface area contributed by atoms with Gasteiger partial charge in [0.2, 0.25) is 5.90 Å². The third-order valence-electron chi connectivity index (χ3n) is 4.57. The molecule has 1 heterocycles. The van der Waals surface area contributed by atoms with Crippen molar-refractivity contribution in [1.82, 2.24) is 4.90 Å². The van der Waals surface area contributed by atoms with Crippen molar-refractivity contribution in [2.24, 2.45) is 4.99 Å². The highest BCUT2D eigenvalue weighted by molar-refractivity contribution is 5.85. The van der Waals surface area contributed by atoms with Crippen LogP contribution in [0.2, 0.25) is 0 Å². The van der Waals surface area contributed by atoms with Crippen LogP contribution in [0.4, 0.5) is 5.69 Å². The number of benzene rings is 1. The van der Waals surface area contributed by atoms with Gasteiger partial charge in [-0.2, -0.15) is 0 Å². The molecule has 0 aromatic heterocycles. The van der Waals surface area contributed by atoms with Gasteiger partial charge in [0.1, 0.15) is 0 Å². The number of rotatable bonds is 5. The molecule has 1 atom stereocenters. The van der Waals surface area contributed by atoms with Crippen LogP contribution in [0, 0.1) is 13.8 Å². The molecule has 1 fully saturated rings. The predicted octanol–water partition coefficient (Wildman–Crippen LogP) is 4.63. The van der Waals surface area contributed by atoms with Crippen LogP contribution < -0.4 is 0 Å². The summed E-state index contributed by atoms with van der Waals surface area (Å²) in [6, 6.07) is 6.66. The number of likely N-dealkylation sites (tertiary alicyclic amines) is 1. The summed E-state index contributed by atoms with van der Waals surface area (Å²) >= 11 is 0. The van der Waals surface area contributed by atoms with Crippen molar-refractivity contribution in [2.75, 3.05) is 20.2 Å². The van der Waals surface area contributed by atoms with Crippen molar-refractivity contribution in [2.45, 2.75) is 58.9 Å². The van der Waals surface area contributed by atoms with Gasteiger partial charge < -0.3 is 4.74 Å². The lowest BCUT2D eigenvalue weighted by Gasteiger charge is -2.35. The Balaban J connectivity index is 2.26. The third kappa shape index (κ3) is 4.10. The van der Waals surface area contributed by atoms with E-state index in [2.05, 4.69) is 43.9 Å². The molecule has 1 saturated heterocycles. The van der Waals surface area contributed by atoms with E-state index in [9.17, 15) is 0 Å². The average molecular weight is 302 g/mol. The van der Waals surface area contributed by atoms with E-state index in [0.29, 0.717) is 6.04 Å². The van der Waals surface area contributed by atoms with E-state index in [0.717, 1.165) is 24.6 Å². The smallest absolute Gasteiger partial charge is 0.206 e. The summed E-state index contributed by atoms with van der Waals surface area (Å²) in [5, 5.41) is 0. The van der Waals surface area contributed by atoms with E-state index in [1.54, 1.807) is 7.11 Å². The summed E-state index contributed by atoms with van der Waals surface area (Å²) in [5.74, 6) is 0.883. The minimum Gasteiger partial charge on any atom is -0.483 e. The first-order valence-electron chi connectivity index (χ1n) is 8.60. The average Bonchev–Trinajstić information content (AvgIpc) is 2.53. The van der Waals surface area contributed by atoms with Gasteiger partial charge in [-0.3, -0.25) is 4.90 Å². The zero-order chi connectivity index (χ0) is 15.9. The molecule has 0 radical (unpaired) electrons. The number of unbranched alkanes of at least 4 members (excludes halogenated alkanes) is 1. The molecule has 2 rings (SSSR count). The highest BCUT2D eigenvalue weighted by Crippen LogP contribution is 2.26. The number of hydrogen-bond donors (Lipinski definition) is 0. The Bertz CT molecular complexity index is 490. The maximum atomic E-state index is 5.72. The number of piperidine rings is 1. The van der Waals surface area contributed by atoms with Gasteiger partial charge in [-0.25, -0.2) is 4.99 Å². The van der Waals surface area contributed by atoms with E-state index in [4.69, 9.17) is 9.73 Å². The van der Waals surface area contributed by atoms with Crippen molar-refractivity contribution >= 4 is 11.6 Å². The van der Waals surface area contributed by atoms with Gasteiger partial charge in [0.15, 0.2) is 0 Å². The van der Waals surface area contributed by atoms with Gasteiger partial charge in [0.25, 0.3) is 0 Å². The molecule has 1 aromatic rings. The number of nitrogens with zero attached hydrogens (tertiary/aromatic N) is 2. The molecule has 1 aromatic carbocycles. The largest absolute Gasteiger partial charge is 0.483 e. The maximum absolute atomic E-state index is 5.72. The van der Waals surface area contributed by atoms with Crippen molar-refractivity contribution in [3.05, 3.63) is 29.3 Å². The first-order valence-corrected chi connectivity index (χ1v) is 8.60. The zero-order valence-corrected chi connectivity index (χ0v) is 14.6. The first kappa shape index (κ1) is 17.0. The van der Waals surface area contributed by atoms with Gasteiger partial charge in [-0.1, -0.05) is 38.0 Å². The second kappa shape index (κ2) is 8.33. The van der Waals surface area contributed by atoms with Gasteiger partial charge in [0.05, 0.1) is 18.8 Å². The summed E-state index contributed by atoms with van der Waals surface area (Å²) in [6.45, 7) is 8.81. The lowest BCUT2D eigenvalue weighted by Crippen LogP contribution is -2.45. The monoisotopic (exact) mass is 302 g/mol. The predicted molar refractivity (Wildman–Crippen MR) is 94.1 cm³/mol. The quantitative estimate of drug-likeness (QED) is 0.585. The fourth-order valence-corrected chi connectivity index (χ4v) is 3.25. The molecule has 0 spiro atoms. The second-order valence-electron chi connectivity index (χ2n) is 6.30. The Kier molecular flexibility index (Phi) is 6.44. The van der Waals surface area contributed by atoms with E-state index in [-0.39, 0.29) is 0 Å². The molecule has 1 aliphatic rings. The molecule has 22 heavy (non-hydrogen) atoms. The number of aliphatic imine (C=N–C) groups is 1. The topological polar surface area (TPSA) is 24.8 Å². The number of hydrogen-bond acceptors (Lipinski definition) is 3. The molecule has 3 nitrogen and oxygen atoms in total. The van der Waals surface area contributed by atoms with E-state index < -0.39 is 0 Å². The number of para-hydroxylation sites is 1. The number of ether oxygens (including phenoxy) is 1. The third-order valence-corrected chi connectivity index (χ3v) is 4.57. The summed E-state index contributed by atoms with van der Waals surface area (Å²) in [4.78, 5) is 7.47. The summed E-state index contributed by atoms with van der Waals surface area (Å²) in [6.07, 6.45) is 6.20. The van der Waals surface area contributed by atoms with Gasteiger partial charge in [-0.15, -0.1) is 0 Å². The van der Waals surface area contributed by atoms with Crippen LogP contribution in [0.15, 0.2) is 23.2 Å². The van der Waals surface area contributed by atoms with Crippen molar-refractivity contribution < 1.29 is 4.74 Å².